The molecule has 0 aromatic carbocycles. The van der Waals surface area contributed by atoms with E-state index in [2.05, 4.69) is 25.4 Å². The summed E-state index contributed by atoms with van der Waals surface area (Å²) in [6.07, 6.45) is 5.08. The van der Waals surface area contributed by atoms with Gasteiger partial charge in [0.05, 0.1) is 5.70 Å². The molecule has 1 N–H and O–H groups in total. The van der Waals surface area contributed by atoms with Gasteiger partial charge in [-0.1, -0.05) is 13.8 Å². The number of carbonyl (C=O) groups excluding carboxylic acids is 1. The Hall–Kier alpha value is -0.400. The van der Waals surface area contributed by atoms with E-state index >= 15 is 0 Å². The van der Waals surface area contributed by atoms with Gasteiger partial charge < -0.3 is 5.32 Å². The highest BCUT2D eigenvalue weighted by Crippen LogP contribution is 2.04. The van der Waals surface area contributed by atoms with Gasteiger partial charge in [-0.2, -0.15) is 11.8 Å². The Balaban J connectivity index is 3.55. The first-order valence-electron chi connectivity index (χ1n) is 5.17. The van der Waals surface area contributed by atoms with E-state index in [1.165, 1.54) is 0 Å². The van der Waals surface area contributed by atoms with Crippen molar-refractivity contribution in [3.05, 3.63) is 5.70 Å². The maximum atomic E-state index is 10.5. The molecule has 0 fully saturated rings. The molecule has 0 rings (SSSR count). The van der Waals surface area contributed by atoms with E-state index < -0.39 is 0 Å². The molecule has 0 saturated carbocycles. The lowest BCUT2D eigenvalue weighted by Crippen LogP contribution is -2.17. The third-order valence-electron chi connectivity index (χ3n) is 1.96. The fourth-order valence-electron chi connectivity index (χ4n) is 1.08. The molecule has 0 aromatic heterocycles. The van der Waals surface area contributed by atoms with Crippen LogP contribution in [0.5, 0.6) is 0 Å². The highest BCUT2D eigenvalue weighted by atomic mass is 32.2. The summed E-state index contributed by atoms with van der Waals surface area (Å²) in [5.41, 5.74) is 0.736. The fraction of sp³-hybridized carbons (Fsp3) is 0.818. The number of hydrogen-bond acceptors (Lipinski definition) is 3. The van der Waals surface area contributed by atoms with E-state index in [1.807, 2.05) is 17.7 Å². The smallest absolute Gasteiger partial charge is 0.145 e. The van der Waals surface area contributed by atoms with Gasteiger partial charge in [0.15, 0.2) is 0 Å². The number of allylic oxidation sites excluding steroid dienone is 1. The van der Waals surface area contributed by atoms with Crippen molar-refractivity contribution in [3.63, 3.8) is 0 Å². The van der Waals surface area contributed by atoms with Crippen molar-refractivity contribution in [1.29, 1.82) is 0 Å². The van der Waals surface area contributed by atoms with Crippen LogP contribution in [-0.2, 0) is 4.79 Å². The molecule has 14 heavy (non-hydrogen) atoms. The quantitative estimate of drug-likeness (QED) is 0.498. The Bertz CT molecular complexity index is 186. The number of nitrogens with one attached hydrogen (secondary N) is 1. The zero-order chi connectivity index (χ0) is 10.8. The molecule has 0 spiro atoms. The largest absolute Gasteiger partial charge is 0.379 e. The van der Waals surface area contributed by atoms with Crippen LogP contribution in [0.15, 0.2) is 5.70 Å². The Kier molecular flexibility index (Phi) is 8.90. The van der Waals surface area contributed by atoms with Crippen LogP contribution in [-0.4, -0.2) is 24.5 Å². The van der Waals surface area contributed by atoms with Crippen LogP contribution in [0.2, 0.25) is 0 Å². The van der Waals surface area contributed by atoms with Gasteiger partial charge in [0.2, 0.25) is 0 Å². The zero-order valence-corrected chi connectivity index (χ0v) is 10.2. The molecule has 0 aliphatic carbocycles. The Labute approximate surface area is 91.5 Å². The van der Waals surface area contributed by atoms with Crippen molar-refractivity contribution in [3.8, 4) is 0 Å². The lowest BCUT2D eigenvalue weighted by Gasteiger charge is -2.08. The lowest BCUT2D eigenvalue weighted by molar-refractivity contribution is 0.544. The predicted octanol–water partition coefficient (Wildman–Crippen LogP) is 2.48. The topological polar surface area (TPSA) is 29.1 Å². The molecule has 82 valence electrons. The molecule has 0 aliphatic heterocycles. The molecule has 0 radical (unpaired) electrons. The van der Waals surface area contributed by atoms with E-state index in [1.54, 1.807) is 0 Å². The van der Waals surface area contributed by atoms with Crippen molar-refractivity contribution in [2.24, 2.45) is 5.92 Å². The second-order valence-electron chi connectivity index (χ2n) is 3.79. The molecule has 0 atom stereocenters. The van der Waals surface area contributed by atoms with Gasteiger partial charge in [-0.3, -0.25) is 0 Å². The maximum Gasteiger partial charge on any atom is 0.145 e. The normalized spacial score (nSPS) is 10.0. The van der Waals surface area contributed by atoms with Crippen LogP contribution in [0, 0.1) is 5.92 Å². The molecular formula is C11H21NOS. The Morgan fingerprint density at radius 3 is 2.71 bits per heavy atom. The SMILES string of the molecule is CSCCCC(=C=O)NCCC(C)C. The first-order valence-corrected chi connectivity index (χ1v) is 6.56. The average molecular weight is 215 g/mol. The van der Waals surface area contributed by atoms with Crippen molar-refractivity contribution < 1.29 is 4.79 Å². The van der Waals surface area contributed by atoms with Crippen LogP contribution in [0.4, 0.5) is 0 Å². The predicted molar refractivity (Wildman–Crippen MR) is 64.3 cm³/mol. The van der Waals surface area contributed by atoms with Gasteiger partial charge in [-0.15, -0.1) is 0 Å². The van der Waals surface area contributed by atoms with Crippen molar-refractivity contribution in [2.45, 2.75) is 33.1 Å². The monoisotopic (exact) mass is 215 g/mol. The summed E-state index contributed by atoms with van der Waals surface area (Å²) in [5.74, 6) is 3.77. The number of rotatable bonds is 8. The molecule has 0 unspecified atom stereocenters. The molecule has 2 nitrogen and oxygen atoms in total. The summed E-state index contributed by atoms with van der Waals surface area (Å²) in [6, 6.07) is 0. The van der Waals surface area contributed by atoms with Gasteiger partial charge in [0.1, 0.15) is 5.94 Å². The van der Waals surface area contributed by atoms with Gasteiger partial charge in [0, 0.05) is 6.54 Å². The minimum absolute atomic E-state index is 0.682. The van der Waals surface area contributed by atoms with E-state index in [0.717, 1.165) is 37.3 Å². The van der Waals surface area contributed by atoms with Crippen LogP contribution in [0.3, 0.4) is 0 Å². The fourth-order valence-corrected chi connectivity index (χ4v) is 1.51. The highest BCUT2D eigenvalue weighted by Gasteiger charge is 1.98. The summed E-state index contributed by atoms with van der Waals surface area (Å²) < 4.78 is 0. The zero-order valence-electron chi connectivity index (χ0n) is 9.43. The van der Waals surface area contributed by atoms with Crippen LogP contribution >= 0.6 is 11.8 Å². The molecule has 0 saturated heterocycles. The van der Waals surface area contributed by atoms with E-state index in [4.69, 9.17) is 0 Å². The van der Waals surface area contributed by atoms with Crippen LogP contribution in [0.1, 0.15) is 33.1 Å². The van der Waals surface area contributed by atoms with Gasteiger partial charge in [-0.25, -0.2) is 4.79 Å². The molecule has 0 heterocycles. The minimum atomic E-state index is 0.682. The summed E-state index contributed by atoms with van der Waals surface area (Å²) in [6.45, 7) is 5.25. The summed E-state index contributed by atoms with van der Waals surface area (Å²) in [4.78, 5) is 10.5. The van der Waals surface area contributed by atoms with E-state index in [-0.39, 0.29) is 0 Å². The first kappa shape index (κ1) is 13.6. The van der Waals surface area contributed by atoms with Gasteiger partial charge >= 0.3 is 0 Å². The first-order chi connectivity index (χ1) is 6.70. The second-order valence-corrected chi connectivity index (χ2v) is 4.77. The van der Waals surface area contributed by atoms with Crippen molar-refractivity contribution in [2.75, 3.05) is 18.6 Å². The molecule has 0 aliphatic rings. The molecular weight excluding hydrogens is 194 g/mol. The van der Waals surface area contributed by atoms with Gasteiger partial charge in [-0.05, 0) is 37.2 Å². The van der Waals surface area contributed by atoms with Crippen LogP contribution < -0.4 is 5.32 Å². The Morgan fingerprint density at radius 1 is 1.50 bits per heavy atom. The lowest BCUT2D eigenvalue weighted by atomic mass is 10.1. The van der Waals surface area contributed by atoms with Crippen molar-refractivity contribution >= 4 is 17.7 Å². The summed E-state index contributed by atoms with van der Waals surface area (Å²) in [5, 5.41) is 3.14. The average Bonchev–Trinajstić information content (AvgIpc) is 2.15. The number of hydrogen-bond donors (Lipinski definition) is 1. The standard InChI is InChI=1S/C11H21NOS/c1-10(2)6-7-12-11(9-13)5-4-8-14-3/h10,12H,4-8H2,1-3H3. The Morgan fingerprint density at radius 2 is 2.21 bits per heavy atom. The van der Waals surface area contributed by atoms with E-state index in [0.29, 0.717) is 5.92 Å². The molecule has 0 aromatic rings. The number of thioether (sulfide) groups is 1. The van der Waals surface area contributed by atoms with Gasteiger partial charge in [0.25, 0.3) is 0 Å². The maximum absolute atomic E-state index is 10.5. The summed E-state index contributed by atoms with van der Waals surface area (Å²) >= 11 is 1.81. The minimum Gasteiger partial charge on any atom is -0.379 e. The molecule has 0 bridgehead atoms. The highest BCUT2D eigenvalue weighted by molar-refractivity contribution is 7.98. The van der Waals surface area contributed by atoms with Crippen molar-refractivity contribution in [1.82, 2.24) is 5.32 Å². The third-order valence-corrected chi connectivity index (χ3v) is 2.66. The second kappa shape index (κ2) is 9.17. The van der Waals surface area contributed by atoms with E-state index in [9.17, 15) is 4.79 Å². The molecule has 3 heteroatoms. The van der Waals surface area contributed by atoms with Crippen LogP contribution in [0.25, 0.3) is 0 Å². The molecule has 0 amide bonds. The third kappa shape index (κ3) is 8.21. The summed E-state index contributed by atoms with van der Waals surface area (Å²) in [7, 11) is 0.